The van der Waals surface area contributed by atoms with Crippen LogP contribution in [0.1, 0.15) is 25.3 Å². The van der Waals surface area contributed by atoms with Gasteiger partial charge in [0, 0.05) is 44.8 Å². The summed E-state index contributed by atoms with van der Waals surface area (Å²) in [6.07, 6.45) is 2.99. The van der Waals surface area contributed by atoms with Gasteiger partial charge in [-0.05, 0) is 43.4 Å². The third-order valence-corrected chi connectivity index (χ3v) is 6.09. The van der Waals surface area contributed by atoms with Crippen molar-refractivity contribution in [2.45, 2.75) is 26.3 Å². The van der Waals surface area contributed by atoms with E-state index >= 15 is 0 Å². The molecule has 6 nitrogen and oxygen atoms in total. The minimum atomic E-state index is -3.07. The lowest BCUT2D eigenvalue weighted by atomic mass is 9.98. The zero-order chi connectivity index (χ0) is 19.2. The zero-order valence-corrected chi connectivity index (χ0v) is 17.4. The summed E-state index contributed by atoms with van der Waals surface area (Å²) in [5.41, 5.74) is 1.13. The van der Waals surface area contributed by atoms with Gasteiger partial charge in [0.05, 0.1) is 6.26 Å². The molecule has 8 heteroatoms. The van der Waals surface area contributed by atoms with Crippen LogP contribution in [0, 0.1) is 5.92 Å². The summed E-state index contributed by atoms with van der Waals surface area (Å²) in [5, 5.41) is 4.06. The Morgan fingerprint density at radius 3 is 2.65 bits per heavy atom. The molecule has 0 aromatic heterocycles. The fourth-order valence-electron chi connectivity index (χ4n) is 3.09. The van der Waals surface area contributed by atoms with Gasteiger partial charge >= 0.3 is 0 Å². The van der Waals surface area contributed by atoms with E-state index in [-0.39, 0.29) is 0 Å². The monoisotopic (exact) mass is 400 g/mol. The van der Waals surface area contributed by atoms with E-state index in [2.05, 4.69) is 10.2 Å². The molecule has 2 rings (SSSR count). The first-order chi connectivity index (χ1) is 12.3. The largest absolute Gasteiger partial charge is 0.357 e. The van der Waals surface area contributed by atoms with Gasteiger partial charge in [0.25, 0.3) is 0 Å². The van der Waals surface area contributed by atoms with Crippen molar-refractivity contribution in [1.29, 1.82) is 0 Å². The molecule has 1 heterocycles. The van der Waals surface area contributed by atoms with Crippen molar-refractivity contribution in [2.24, 2.45) is 10.9 Å². The predicted octanol–water partition coefficient (Wildman–Crippen LogP) is 2.41. The molecule has 0 amide bonds. The molecule has 1 N–H and O–H groups in total. The molecule has 0 spiro atoms. The molecular weight excluding hydrogens is 372 g/mol. The Labute approximate surface area is 162 Å². The zero-order valence-electron chi connectivity index (χ0n) is 15.8. The smallest absolute Gasteiger partial charge is 0.211 e. The Hall–Kier alpha value is -1.31. The third kappa shape index (κ3) is 6.45. The molecular formula is C18H29ClN4O2S. The van der Waals surface area contributed by atoms with Crippen LogP contribution in [0.15, 0.2) is 29.3 Å². The first-order valence-electron chi connectivity index (χ1n) is 8.98. The van der Waals surface area contributed by atoms with Crippen molar-refractivity contribution in [3.8, 4) is 0 Å². The minimum absolute atomic E-state index is 0.418. The molecule has 26 heavy (non-hydrogen) atoms. The van der Waals surface area contributed by atoms with E-state index in [0.717, 1.165) is 42.5 Å². The van der Waals surface area contributed by atoms with Crippen LogP contribution in [-0.4, -0.2) is 63.1 Å². The quantitative estimate of drug-likeness (QED) is 0.588. The van der Waals surface area contributed by atoms with Crippen LogP contribution in [0.4, 0.5) is 0 Å². The highest BCUT2D eigenvalue weighted by Gasteiger charge is 2.24. The van der Waals surface area contributed by atoms with Gasteiger partial charge in [-0.1, -0.05) is 23.7 Å². The standard InChI is InChI=1S/C18H29ClN4O2S/c1-4-20-18(22(2)14-16-6-5-7-17(19)12-16)21-13-15-8-10-23(11-9-15)26(3,24)25/h5-7,12,15H,4,8-11,13-14H2,1-3H3,(H,20,21). The number of nitrogens with zero attached hydrogens (tertiary/aromatic N) is 3. The Morgan fingerprint density at radius 1 is 1.38 bits per heavy atom. The molecule has 0 radical (unpaired) electrons. The first kappa shape index (κ1) is 21.0. The Kier molecular flexibility index (Phi) is 7.73. The van der Waals surface area contributed by atoms with Crippen molar-refractivity contribution < 1.29 is 8.42 Å². The maximum Gasteiger partial charge on any atom is 0.211 e. The summed E-state index contributed by atoms with van der Waals surface area (Å²) < 4.78 is 24.8. The second-order valence-electron chi connectivity index (χ2n) is 6.79. The highest BCUT2D eigenvalue weighted by Crippen LogP contribution is 2.19. The first-order valence-corrected chi connectivity index (χ1v) is 11.2. The van der Waals surface area contributed by atoms with E-state index < -0.39 is 10.0 Å². The Bertz CT molecular complexity index is 716. The molecule has 0 atom stereocenters. The number of piperidine rings is 1. The number of hydrogen-bond donors (Lipinski definition) is 1. The predicted molar refractivity (Wildman–Crippen MR) is 108 cm³/mol. The molecule has 0 bridgehead atoms. The second kappa shape index (κ2) is 9.58. The van der Waals surface area contributed by atoms with Crippen LogP contribution in [0.5, 0.6) is 0 Å². The number of halogens is 1. The van der Waals surface area contributed by atoms with Crippen LogP contribution in [0.3, 0.4) is 0 Å². The van der Waals surface area contributed by atoms with Gasteiger partial charge in [0.15, 0.2) is 5.96 Å². The van der Waals surface area contributed by atoms with Crippen molar-refractivity contribution in [3.63, 3.8) is 0 Å². The number of guanidine groups is 1. The van der Waals surface area contributed by atoms with Crippen molar-refractivity contribution in [2.75, 3.05) is 39.5 Å². The maximum atomic E-state index is 11.6. The Morgan fingerprint density at radius 2 is 2.08 bits per heavy atom. The molecule has 1 aromatic carbocycles. The molecule has 1 aliphatic rings. The topological polar surface area (TPSA) is 65.0 Å². The van der Waals surface area contributed by atoms with Gasteiger partial charge in [-0.2, -0.15) is 0 Å². The molecule has 1 aliphatic heterocycles. The van der Waals surface area contributed by atoms with Crippen LogP contribution in [-0.2, 0) is 16.6 Å². The lowest BCUT2D eigenvalue weighted by molar-refractivity contribution is 0.279. The Balaban J connectivity index is 1.94. The van der Waals surface area contributed by atoms with Gasteiger partial charge in [0.2, 0.25) is 10.0 Å². The summed E-state index contributed by atoms with van der Waals surface area (Å²) in [4.78, 5) is 6.86. The third-order valence-electron chi connectivity index (χ3n) is 4.55. The summed E-state index contributed by atoms with van der Waals surface area (Å²) >= 11 is 6.06. The summed E-state index contributed by atoms with van der Waals surface area (Å²) in [5.74, 6) is 1.28. The molecule has 0 unspecified atom stereocenters. The number of benzene rings is 1. The van der Waals surface area contributed by atoms with Gasteiger partial charge in [-0.15, -0.1) is 0 Å². The van der Waals surface area contributed by atoms with Crippen molar-refractivity contribution in [3.05, 3.63) is 34.9 Å². The minimum Gasteiger partial charge on any atom is -0.357 e. The van der Waals surface area contributed by atoms with Gasteiger partial charge in [-0.25, -0.2) is 12.7 Å². The highest BCUT2D eigenvalue weighted by molar-refractivity contribution is 7.88. The van der Waals surface area contributed by atoms with E-state index in [0.29, 0.717) is 25.6 Å². The summed E-state index contributed by atoms with van der Waals surface area (Å²) in [6.45, 7) is 5.46. The lowest BCUT2D eigenvalue weighted by Crippen LogP contribution is -2.40. The lowest BCUT2D eigenvalue weighted by Gasteiger charge is -2.30. The average Bonchev–Trinajstić information content (AvgIpc) is 2.58. The van der Waals surface area contributed by atoms with Crippen LogP contribution < -0.4 is 5.32 Å². The van der Waals surface area contributed by atoms with Crippen molar-refractivity contribution >= 4 is 27.6 Å². The molecule has 1 saturated heterocycles. The van der Waals surface area contributed by atoms with Crippen LogP contribution in [0.2, 0.25) is 5.02 Å². The number of rotatable bonds is 6. The summed E-state index contributed by atoms with van der Waals surface area (Å²) in [6, 6.07) is 7.83. The SMILES string of the molecule is CCNC(=NCC1CCN(S(C)(=O)=O)CC1)N(C)Cc1cccc(Cl)c1. The molecule has 1 aromatic rings. The maximum absolute atomic E-state index is 11.6. The normalized spacial score (nSPS) is 17.3. The van der Waals surface area contributed by atoms with Crippen LogP contribution >= 0.6 is 11.6 Å². The van der Waals surface area contributed by atoms with Gasteiger partial charge < -0.3 is 10.2 Å². The van der Waals surface area contributed by atoms with Gasteiger partial charge in [-0.3, -0.25) is 4.99 Å². The molecule has 0 aliphatic carbocycles. The van der Waals surface area contributed by atoms with E-state index in [1.54, 1.807) is 4.31 Å². The molecule has 0 saturated carbocycles. The van der Waals surface area contributed by atoms with Gasteiger partial charge in [0.1, 0.15) is 0 Å². The number of nitrogens with one attached hydrogen (secondary N) is 1. The fourth-order valence-corrected chi connectivity index (χ4v) is 4.18. The van der Waals surface area contributed by atoms with E-state index in [1.807, 2.05) is 38.2 Å². The fraction of sp³-hybridized carbons (Fsp3) is 0.611. The number of aliphatic imine (C=N–C) groups is 1. The second-order valence-corrected chi connectivity index (χ2v) is 9.20. The van der Waals surface area contributed by atoms with E-state index in [4.69, 9.17) is 16.6 Å². The average molecular weight is 401 g/mol. The van der Waals surface area contributed by atoms with E-state index in [9.17, 15) is 8.42 Å². The van der Waals surface area contributed by atoms with E-state index in [1.165, 1.54) is 6.26 Å². The molecule has 1 fully saturated rings. The summed E-state index contributed by atoms with van der Waals surface area (Å²) in [7, 11) is -1.07. The van der Waals surface area contributed by atoms with Crippen molar-refractivity contribution in [1.82, 2.24) is 14.5 Å². The number of hydrogen-bond acceptors (Lipinski definition) is 3. The molecule has 146 valence electrons. The van der Waals surface area contributed by atoms with Crippen LogP contribution in [0.25, 0.3) is 0 Å². The highest BCUT2D eigenvalue weighted by atomic mass is 35.5. The number of sulfonamides is 1.